The number of nitrogens with one attached hydrogen (secondary N) is 2. The number of hydrogen-bond acceptors (Lipinski definition) is 7. The summed E-state index contributed by atoms with van der Waals surface area (Å²) in [6.07, 6.45) is 1.51. The molecule has 1 aromatic carbocycles. The number of nitrogens with zero attached hydrogens (tertiary/aromatic N) is 5. The summed E-state index contributed by atoms with van der Waals surface area (Å²) >= 11 is 0. The molecule has 2 N–H and O–H groups in total. The predicted molar refractivity (Wildman–Crippen MR) is 92.7 cm³/mol. The van der Waals surface area contributed by atoms with Crippen molar-refractivity contribution in [2.24, 2.45) is 0 Å². The minimum absolute atomic E-state index is 0.132. The van der Waals surface area contributed by atoms with Gasteiger partial charge in [-0.1, -0.05) is 6.07 Å². The molecule has 8 heteroatoms. The van der Waals surface area contributed by atoms with E-state index in [1.165, 1.54) is 6.33 Å². The van der Waals surface area contributed by atoms with Gasteiger partial charge in [0.1, 0.15) is 6.33 Å². The van der Waals surface area contributed by atoms with Crippen molar-refractivity contribution in [3.63, 3.8) is 0 Å². The lowest BCUT2D eigenvalue weighted by molar-refractivity contribution is 0.0963. The smallest absolute Gasteiger partial charge is 0.251 e. The van der Waals surface area contributed by atoms with Crippen LogP contribution < -0.4 is 15.5 Å². The highest BCUT2D eigenvalue weighted by Gasteiger charge is 2.17. The highest BCUT2D eigenvalue weighted by atomic mass is 16.1. The van der Waals surface area contributed by atoms with E-state index in [-0.39, 0.29) is 5.91 Å². The molecule has 1 amide bonds. The first-order chi connectivity index (χ1) is 11.7. The Hall–Kier alpha value is -2.74. The van der Waals surface area contributed by atoms with E-state index in [4.69, 9.17) is 0 Å². The second-order valence-corrected chi connectivity index (χ2v) is 5.68. The summed E-state index contributed by atoms with van der Waals surface area (Å²) in [6, 6.07) is 7.20. The van der Waals surface area contributed by atoms with Crippen LogP contribution >= 0.6 is 0 Å². The number of aromatic nitrogens is 3. The molecule has 1 saturated heterocycles. The molecule has 1 fully saturated rings. The van der Waals surface area contributed by atoms with Gasteiger partial charge in [0, 0.05) is 44.5 Å². The van der Waals surface area contributed by atoms with Crippen molar-refractivity contribution in [2.45, 2.75) is 0 Å². The van der Waals surface area contributed by atoms with E-state index in [9.17, 15) is 4.79 Å². The van der Waals surface area contributed by atoms with Crippen LogP contribution in [-0.2, 0) is 0 Å². The van der Waals surface area contributed by atoms with Gasteiger partial charge in [-0.3, -0.25) is 4.79 Å². The Balaban J connectivity index is 1.74. The van der Waals surface area contributed by atoms with E-state index in [2.05, 4.69) is 42.4 Å². The van der Waals surface area contributed by atoms with Gasteiger partial charge in [0.05, 0.1) is 0 Å². The topological polar surface area (TPSA) is 86.3 Å². The third kappa shape index (κ3) is 3.77. The normalized spacial score (nSPS) is 15.2. The molecule has 0 atom stereocenters. The average Bonchev–Trinajstić information content (AvgIpc) is 2.62. The second kappa shape index (κ2) is 7.22. The van der Waals surface area contributed by atoms with Gasteiger partial charge in [-0.05, 0) is 25.2 Å². The van der Waals surface area contributed by atoms with Crippen molar-refractivity contribution in [3.8, 4) is 0 Å². The molecule has 8 nitrogen and oxygen atoms in total. The molecular formula is C16H21N7O. The summed E-state index contributed by atoms with van der Waals surface area (Å²) in [5.74, 6) is 1.00. The van der Waals surface area contributed by atoms with Crippen molar-refractivity contribution in [1.29, 1.82) is 0 Å². The minimum Gasteiger partial charge on any atom is -0.355 e. The molecule has 126 valence electrons. The molecule has 0 bridgehead atoms. The predicted octanol–water partition coefficient (Wildman–Crippen LogP) is 0.727. The number of rotatable bonds is 4. The number of hydrogen-bond donors (Lipinski definition) is 2. The van der Waals surface area contributed by atoms with E-state index < -0.39 is 0 Å². The maximum Gasteiger partial charge on any atom is 0.251 e. The first-order valence-corrected chi connectivity index (χ1v) is 7.87. The molecule has 1 aromatic heterocycles. The first kappa shape index (κ1) is 16.1. The average molecular weight is 327 g/mol. The van der Waals surface area contributed by atoms with E-state index >= 15 is 0 Å². The Bertz CT molecular complexity index is 713. The lowest BCUT2D eigenvalue weighted by Gasteiger charge is -2.32. The molecule has 24 heavy (non-hydrogen) atoms. The molecule has 0 spiro atoms. The molecule has 1 aliphatic rings. The molecule has 3 rings (SSSR count). The first-order valence-electron chi connectivity index (χ1n) is 7.87. The van der Waals surface area contributed by atoms with Gasteiger partial charge in [-0.25, -0.2) is 9.97 Å². The quantitative estimate of drug-likeness (QED) is 0.856. The van der Waals surface area contributed by atoms with Gasteiger partial charge in [0.2, 0.25) is 11.9 Å². The van der Waals surface area contributed by atoms with E-state index in [1.807, 2.05) is 12.1 Å². The van der Waals surface area contributed by atoms with Crippen LogP contribution in [0.15, 0.2) is 30.6 Å². The van der Waals surface area contributed by atoms with Crippen molar-refractivity contribution in [3.05, 3.63) is 36.2 Å². The van der Waals surface area contributed by atoms with Crippen LogP contribution in [0.5, 0.6) is 0 Å². The Morgan fingerprint density at radius 2 is 1.96 bits per heavy atom. The fraction of sp³-hybridized carbons (Fsp3) is 0.375. The highest BCUT2D eigenvalue weighted by Crippen LogP contribution is 2.17. The minimum atomic E-state index is -0.132. The Morgan fingerprint density at radius 1 is 1.17 bits per heavy atom. The van der Waals surface area contributed by atoms with Gasteiger partial charge in [-0.2, -0.15) is 4.98 Å². The van der Waals surface area contributed by atoms with Crippen molar-refractivity contribution in [2.75, 3.05) is 50.5 Å². The van der Waals surface area contributed by atoms with E-state index in [1.54, 1.807) is 19.2 Å². The molecule has 0 saturated carbocycles. The molecule has 0 radical (unpaired) electrons. The molecular weight excluding hydrogens is 306 g/mol. The number of carbonyl (C=O) groups is 1. The molecule has 2 aromatic rings. The fourth-order valence-electron chi connectivity index (χ4n) is 2.52. The van der Waals surface area contributed by atoms with E-state index in [0.717, 1.165) is 31.9 Å². The Labute approximate surface area is 140 Å². The van der Waals surface area contributed by atoms with Crippen LogP contribution in [0.1, 0.15) is 10.4 Å². The Kier molecular flexibility index (Phi) is 4.85. The van der Waals surface area contributed by atoms with Crippen LogP contribution in [-0.4, -0.2) is 66.0 Å². The van der Waals surface area contributed by atoms with Crippen LogP contribution in [0.4, 0.5) is 17.6 Å². The number of piperazine rings is 1. The lowest BCUT2D eigenvalue weighted by atomic mass is 10.2. The van der Waals surface area contributed by atoms with Gasteiger partial charge >= 0.3 is 0 Å². The largest absolute Gasteiger partial charge is 0.355 e. The summed E-state index contributed by atoms with van der Waals surface area (Å²) in [7, 11) is 3.72. The Morgan fingerprint density at radius 3 is 2.71 bits per heavy atom. The van der Waals surface area contributed by atoms with Crippen molar-refractivity contribution >= 4 is 23.5 Å². The summed E-state index contributed by atoms with van der Waals surface area (Å²) < 4.78 is 0. The molecule has 1 aliphatic heterocycles. The summed E-state index contributed by atoms with van der Waals surface area (Å²) in [4.78, 5) is 29.1. The van der Waals surface area contributed by atoms with Gasteiger partial charge < -0.3 is 20.4 Å². The second-order valence-electron chi connectivity index (χ2n) is 5.68. The molecule has 0 unspecified atom stereocenters. The molecule has 0 aliphatic carbocycles. The number of benzene rings is 1. The summed E-state index contributed by atoms with van der Waals surface area (Å²) in [5.41, 5.74) is 1.34. The third-order valence-corrected chi connectivity index (χ3v) is 3.95. The van der Waals surface area contributed by atoms with Crippen molar-refractivity contribution in [1.82, 2.24) is 25.2 Å². The zero-order chi connectivity index (χ0) is 16.9. The van der Waals surface area contributed by atoms with Gasteiger partial charge in [0.15, 0.2) is 0 Å². The van der Waals surface area contributed by atoms with Gasteiger partial charge in [0.25, 0.3) is 5.91 Å². The SMILES string of the molecule is CNC(=O)c1cccc(Nc2ncnc(N3CCN(C)CC3)n2)c1. The highest BCUT2D eigenvalue weighted by molar-refractivity contribution is 5.95. The number of anilines is 3. The fourth-order valence-corrected chi connectivity index (χ4v) is 2.52. The lowest BCUT2D eigenvalue weighted by Crippen LogP contribution is -2.45. The number of carbonyl (C=O) groups excluding carboxylic acids is 1. The summed E-state index contributed by atoms with van der Waals surface area (Å²) in [6.45, 7) is 3.77. The monoisotopic (exact) mass is 327 g/mol. The maximum absolute atomic E-state index is 11.7. The van der Waals surface area contributed by atoms with Crippen molar-refractivity contribution < 1.29 is 4.79 Å². The number of amides is 1. The van der Waals surface area contributed by atoms with E-state index in [0.29, 0.717) is 17.5 Å². The third-order valence-electron chi connectivity index (χ3n) is 3.95. The standard InChI is InChI=1S/C16H21N7O/c1-17-14(24)12-4-3-5-13(10-12)20-15-18-11-19-16(21-15)23-8-6-22(2)7-9-23/h3-5,10-11H,6-9H2,1-2H3,(H,17,24)(H,18,19,20,21). The zero-order valence-corrected chi connectivity index (χ0v) is 13.9. The van der Waals surface area contributed by atoms with Crippen LogP contribution in [0.2, 0.25) is 0 Å². The number of likely N-dealkylation sites (N-methyl/N-ethyl adjacent to an activating group) is 1. The van der Waals surface area contributed by atoms with Gasteiger partial charge in [-0.15, -0.1) is 0 Å². The summed E-state index contributed by atoms with van der Waals surface area (Å²) in [5, 5.41) is 5.74. The van der Waals surface area contributed by atoms with Crippen LogP contribution in [0, 0.1) is 0 Å². The van der Waals surface area contributed by atoms with Crippen LogP contribution in [0.3, 0.4) is 0 Å². The zero-order valence-electron chi connectivity index (χ0n) is 13.9. The maximum atomic E-state index is 11.7. The van der Waals surface area contributed by atoms with Crippen LogP contribution in [0.25, 0.3) is 0 Å². The molecule has 2 heterocycles.